The van der Waals surface area contributed by atoms with Crippen LogP contribution < -0.4 is 5.32 Å². The van der Waals surface area contributed by atoms with Gasteiger partial charge in [-0.2, -0.15) is 0 Å². The van der Waals surface area contributed by atoms with E-state index in [2.05, 4.69) is 10.3 Å². The van der Waals surface area contributed by atoms with Crippen LogP contribution in [0.2, 0.25) is 0 Å². The van der Waals surface area contributed by atoms with E-state index < -0.39 is 0 Å². The normalized spacial score (nSPS) is 16.3. The maximum atomic E-state index is 12.4. The van der Waals surface area contributed by atoms with Gasteiger partial charge >= 0.3 is 0 Å². The molecule has 154 valence electrons. The first-order chi connectivity index (χ1) is 14.7. The number of nitrogens with zero attached hydrogens (tertiary/aromatic N) is 4. The second kappa shape index (κ2) is 9.48. The molecular weight excluding hydrogens is 374 g/mol. The molecule has 1 N–H and O–H groups in total. The average molecular weight is 402 g/mol. The molecule has 4 rings (SSSR count). The third kappa shape index (κ3) is 4.82. The fraction of sp³-hybridized carbons (Fsp3) is 0.333. The smallest absolute Gasteiger partial charge is 0.222 e. The van der Waals surface area contributed by atoms with Gasteiger partial charge in [0, 0.05) is 55.1 Å². The highest BCUT2D eigenvalue weighted by Crippen LogP contribution is 2.29. The third-order valence-electron chi connectivity index (χ3n) is 5.35. The molecule has 0 spiro atoms. The van der Waals surface area contributed by atoms with Crippen LogP contribution in [-0.2, 0) is 4.79 Å². The fourth-order valence-electron chi connectivity index (χ4n) is 3.83. The highest BCUT2D eigenvalue weighted by Gasteiger charge is 2.27. The van der Waals surface area contributed by atoms with E-state index in [1.807, 2.05) is 66.6 Å². The zero-order valence-electron chi connectivity index (χ0n) is 17.3. The summed E-state index contributed by atoms with van der Waals surface area (Å²) in [4.78, 5) is 28.4. The molecule has 0 aliphatic carbocycles. The molecule has 0 saturated carbocycles. The first kappa shape index (κ1) is 20.0. The molecule has 0 radical (unpaired) electrons. The summed E-state index contributed by atoms with van der Waals surface area (Å²) in [5, 5.41) is 3.40. The molecule has 1 aliphatic rings. The lowest BCUT2D eigenvalue weighted by atomic mass is 9.96. The van der Waals surface area contributed by atoms with Gasteiger partial charge < -0.3 is 10.2 Å². The minimum absolute atomic E-state index is 0.132. The highest BCUT2D eigenvalue weighted by atomic mass is 16.2. The standard InChI is InChI=1S/C24H27N5O/c1-2-8-23(30)29-14-7-10-19(17-29)24-27-21(18-9-6-13-25-16-18)15-22(28-24)26-20-11-4-3-5-12-20/h3-6,9,11-13,15-16,19H,2,7-8,10,14,17H2,1H3,(H,26,27,28). The molecule has 1 unspecified atom stereocenters. The topological polar surface area (TPSA) is 71.0 Å². The van der Waals surface area contributed by atoms with Crippen molar-refractivity contribution in [3.63, 3.8) is 0 Å². The van der Waals surface area contributed by atoms with Crippen molar-refractivity contribution in [1.82, 2.24) is 19.9 Å². The molecule has 6 heteroatoms. The van der Waals surface area contributed by atoms with Crippen LogP contribution in [0.25, 0.3) is 11.3 Å². The molecule has 1 amide bonds. The van der Waals surface area contributed by atoms with Gasteiger partial charge in [-0.05, 0) is 43.5 Å². The van der Waals surface area contributed by atoms with E-state index in [0.29, 0.717) is 13.0 Å². The number of nitrogens with one attached hydrogen (secondary N) is 1. The van der Waals surface area contributed by atoms with Gasteiger partial charge in [-0.3, -0.25) is 9.78 Å². The maximum Gasteiger partial charge on any atom is 0.222 e. The van der Waals surface area contributed by atoms with E-state index in [-0.39, 0.29) is 11.8 Å². The third-order valence-corrected chi connectivity index (χ3v) is 5.35. The average Bonchev–Trinajstić information content (AvgIpc) is 2.80. The quantitative estimate of drug-likeness (QED) is 0.643. The van der Waals surface area contributed by atoms with Gasteiger partial charge in [0.15, 0.2) is 0 Å². The molecule has 1 fully saturated rings. The number of pyridine rings is 1. The zero-order chi connectivity index (χ0) is 20.8. The number of aromatic nitrogens is 3. The van der Waals surface area contributed by atoms with Crippen LogP contribution in [0, 0.1) is 0 Å². The van der Waals surface area contributed by atoms with E-state index in [4.69, 9.17) is 9.97 Å². The van der Waals surface area contributed by atoms with E-state index in [1.54, 1.807) is 6.20 Å². The van der Waals surface area contributed by atoms with Crippen molar-refractivity contribution < 1.29 is 4.79 Å². The van der Waals surface area contributed by atoms with Crippen molar-refractivity contribution in [2.75, 3.05) is 18.4 Å². The fourth-order valence-corrected chi connectivity index (χ4v) is 3.83. The molecular formula is C24H27N5O. The molecule has 1 aliphatic heterocycles. The van der Waals surface area contributed by atoms with E-state index in [0.717, 1.165) is 54.4 Å². The monoisotopic (exact) mass is 401 g/mol. The second-order valence-corrected chi connectivity index (χ2v) is 7.66. The van der Waals surface area contributed by atoms with Crippen LogP contribution in [-0.4, -0.2) is 38.8 Å². The van der Waals surface area contributed by atoms with Crippen molar-refractivity contribution in [3.05, 3.63) is 66.7 Å². The number of likely N-dealkylation sites (tertiary alicyclic amines) is 1. The number of anilines is 2. The number of carbonyl (C=O) groups excluding carboxylic acids is 1. The lowest BCUT2D eigenvalue weighted by molar-refractivity contribution is -0.132. The Balaban J connectivity index is 1.66. The molecule has 30 heavy (non-hydrogen) atoms. The SMILES string of the molecule is CCCC(=O)N1CCCC(c2nc(Nc3ccccc3)cc(-c3cccnc3)n2)C1. The number of para-hydroxylation sites is 1. The Kier molecular flexibility index (Phi) is 6.32. The van der Waals surface area contributed by atoms with Crippen molar-refractivity contribution in [3.8, 4) is 11.3 Å². The summed E-state index contributed by atoms with van der Waals surface area (Å²) in [7, 11) is 0. The van der Waals surface area contributed by atoms with Gasteiger partial charge in [0.2, 0.25) is 5.91 Å². The zero-order valence-corrected chi connectivity index (χ0v) is 17.3. The Morgan fingerprint density at radius 2 is 2.03 bits per heavy atom. The Morgan fingerprint density at radius 3 is 2.80 bits per heavy atom. The van der Waals surface area contributed by atoms with E-state index in [1.165, 1.54) is 0 Å². The van der Waals surface area contributed by atoms with E-state index in [9.17, 15) is 4.79 Å². The van der Waals surface area contributed by atoms with Crippen LogP contribution in [0.4, 0.5) is 11.5 Å². The van der Waals surface area contributed by atoms with Crippen molar-refractivity contribution in [1.29, 1.82) is 0 Å². The van der Waals surface area contributed by atoms with Crippen LogP contribution >= 0.6 is 0 Å². The number of piperidine rings is 1. The van der Waals surface area contributed by atoms with Gasteiger partial charge in [-0.15, -0.1) is 0 Å². The molecule has 1 saturated heterocycles. The Hall–Kier alpha value is -3.28. The molecule has 1 aromatic carbocycles. The first-order valence-corrected chi connectivity index (χ1v) is 10.6. The predicted octanol–water partition coefficient (Wildman–Crippen LogP) is 4.79. The molecule has 3 heterocycles. The van der Waals surface area contributed by atoms with E-state index >= 15 is 0 Å². The number of hydrogen-bond acceptors (Lipinski definition) is 5. The second-order valence-electron chi connectivity index (χ2n) is 7.66. The predicted molar refractivity (Wildman–Crippen MR) is 118 cm³/mol. The summed E-state index contributed by atoms with van der Waals surface area (Å²) in [5.41, 5.74) is 2.76. The number of benzene rings is 1. The number of hydrogen-bond donors (Lipinski definition) is 1. The lowest BCUT2D eigenvalue weighted by Gasteiger charge is -2.32. The lowest BCUT2D eigenvalue weighted by Crippen LogP contribution is -2.39. The van der Waals surface area contributed by atoms with Crippen LogP contribution in [0.15, 0.2) is 60.9 Å². The summed E-state index contributed by atoms with van der Waals surface area (Å²) in [6, 6.07) is 15.9. The van der Waals surface area contributed by atoms with Gasteiger partial charge in [0.25, 0.3) is 0 Å². The first-order valence-electron chi connectivity index (χ1n) is 10.6. The van der Waals surface area contributed by atoms with Crippen LogP contribution in [0.5, 0.6) is 0 Å². The molecule has 3 aromatic rings. The van der Waals surface area contributed by atoms with Crippen molar-refractivity contribution in [2.45, 2.75) is 38.5 Å². The summed E-state index contributed by atoms with van der Waals surface area (Å²) < 4.78 is 0. The Bertz CT molecular complexity index is 977. The minimum atomic E-state index is 0.132. The maximum absolute atomic E-state index is 12.4. The molecule has 1 atom stereocenters. The summed E-state index contributed by atoms with van der Waals surface area (Å²) in [5.74, 6) is 1.89. The highest BCUT2D eigenvalue weighted by molar-refractivity contribution is 5.76. The summed E-state index contributed by atoms with van der Waals surface area (Å²) >= 11 is 0. The summed E-state index contributed by atoms with van der Waals surface area (Å²) in [6.07, 6.45) is 7.00. The number of amides is 1. The van der Waals surface area contributed by atoms with Crippen LogP contribution in [0.1, 0.15) is 44.3 Å². The van der Waals surface area contributed by atoms with Gasteiger partial charge in [0.1, 0.15) is 11.6 Å². The minimum Gasteiger partial charge on any atom is -0.342 e. The van der Waals surface area contributed by atoms with Crippen molar-refractivity contribution in [2.24, 2.45) is 0 Å². The number of rotatable bonds is 6. The van der Waals surface area contributed by atoms with Gasteiger partial charge in [-0.25, -0.2) is 9.97 Å². The Labute approximate surface area is 177 Å². The summed E-state index contributed by atoms with van der Waals surface area (Å²) in [6.45, 7) is 3.55. The molecule has 0 bridgehead atoms. The Morgan fingerprint density at radius 1 is 1.17 bits per heavy atom. The molecule has 6 nitrogen and oxygen atoms in total. The van der Waals surface area contributed by atoms with Gasteiger partial charge in [-0.1, -0.05) is 25.1 Å². The van der Waals surface area contributed by atoms with Crippen molar-refractivity contribution >= 4 is 17.4 Å². The van der Waals surface area contributed by atoms with Gasteiger partial charge in [0.05, 0.1) is 5.69 Å². The molecule has 2 aromatic heterocycles. The van der Waals surface area contributed by atoms with Crippen LogP contribution in [0.3, 0.4) is 0 Å². The largest absolute Gasteiger partial charge is 0.342 e. The number of carbonyl (C=O) groups is 1.